The molecule has 0 saturated heterocycles. The second-order valence-corrected chi connectivity index (χ2v) is 5.25. The molecule has 2 rings (SSSR count). The van der Waals surface area contributed by atoms with Crippen LogP contribution in [0, 0.1) is 0 Å². The number of aromatic nitrogens is 1. The van der Waals surface area contributed by atoms with Gasteiger partial charge in [0.2, 0.25) is 0 Å². The molecule has 0 spiro atoms. The van der Waals surface area contributed by atoms with Crippen molar-refractivity contribution in [2.45, 2.75) is 26.1 Å². The lowest BCUT2D eigenvalue weighted by molar-refractivity contribution is 0.0785. The van der Waals surface area contributed by atoms with Crippen molar-refractivity contribution in [2.75, 3.05) is 0 Å². The van der Waals surface area contributed by atoms with Crippen molar-refractivity contribution in [3.63, 3.8) is 0 Å². The third-order valence-corrected chi connectivity index (χ3v) is 2.98. The average molecular weight is 278 g/mol. The molecule has 0 aliphatic carbocycles. The lowest BCUT2D eigenvalue weighted by Gasteiger charge is -2.17. The minimum absolute atomic E-state index is 0.437. The molecular formula is C15H16ClNO2. The summed E-state index contributed by atoms with van der Waals surface area (Å²) >= 11 is 5.71. The van der Waals surface area contributed by atoms with Gasteiger partial charge in [-0.2, -0.15) is 0 Å². The highest BCUT2D eigenvalue weighted by Gasteiger charge is 2.15. The van der Waals surface area contributed by atoms with Crippen molar-refractivity contribution < 1.29 is 9.84 Å². The first-order valence-electron chi connectivity index (χ1n) is 6.01. The van der Waals surface area contributed by atoms with Crippen LogP contribution in [0.5, 0.6) is 5.75 Å². The van der Waals surface area contributed by atoms with E-state index in [1.165, 1.54) is 0 Å². The Kier molecular flexibility index (Phi) is 4.08. The number of halogens is 1. The average Bonchev–Trinajstić information content (AvgIpc) is 2.37. The molecule has 4 heteroatoms. The molecule has 1 aromatic heterocycles. The highest BCUT2D eigenvalue weighted by molar-refractivity contribution is 6.29. The van der Waals surface area contributed by atoms with E-state index < -0.39 is 5.60 Å². The summed E-state index contributed by atoms with van der Waals surface area (Å²) in [6.45, 7) is 3.94. The Balaban J connectivity index is 1.98. The van der Waals surface area contributed by atoms with Crippen LogP contribution in [0.15, 0.2) is 42.6 Å². The van der Waals surface area contributed by atoms with Crippen LogP contribution in [-0.2, 0) is 12.2 Å². The summed E-state index contributed by atoms with van der Waals surface area (Å²) in [7, 11) is 0. The van der Waals surface area contributed by atoms with Crippen molar-refractivity contribution in [1.29, 1.82) is 0 Å². The fourth-order valence-electron chi connectivity index (χ4n) is 1.62. The van der Waals surface area contributed by atoms with Crippen LogP contribution in [0.2, 0.25) is 5.15 Å². The highest BCUT2D eigenvalue weighted by Crippen LogP contribution is 2.22. The predicted molar refractivity (Wildman–Crippen MR) is 75.3 cm³/mol. The van der Waals surface area contributed by atoms with Gasteiger partial charge in [0.1, 0.15) is 17.5 Å². The first-order chi connectivity index (χ1) is 8.95. The highest BCUT2D eigenvalue weighted by atomic mass is 35.5. The Labute approximate surface area is 117 Å². The van der Waals surface area contributed by atoms with E-state index in [1.807, 2.05) is 30.3 Å². The van der Waals surface area contributed by atoms with E-state index in [0.29, 0.717) is 11.8 Å². The zero-order valence-corrected chi connectivity index (χ0v) is 11.7. The number of pyridine rings is 1. The summed E-state index contributed by atoms with van der Waals surface area (Å²) in [5.41, 5.74) is 0.975. The van der Waals surface area contributed by atoms with Gasteiger partial charge >= 0.3 is 0 Å². The molecule has 100 valence electrons. The summed E-state index contributed by atoms with van der Waals surface area (Å²) in [4.78, 5) is 3.99. The van der Waals surface area contributed by atoms with E-state index in [9.17, 15) is 5.11 Å². The molecule has 0 amide bonds. The van der Waals surface area contributed by atoms with Crippen molar-refractivity contribution >= 4 is 11.6 Å². The topological polar surface area (TPSA) is 42.4 Å². The van der Waals surface area contributed by atoms with Gasteiger partial charge in [-0.05, 0) is 37.6 Å². The van der Waals surface area contributed by atoms with Crippen LogP contribution >= 0.6 is 11.6 Å². The molecule has 0 unspecified atom stereocenters. The molecule has 2 aromatic rings. The Morgan fingerprint density at radius 3 is 2.37 bits per heavy atom. The van der Waals surface area contributed by atoms with Gasteiger partial charge in [-0.3, -0.25) is 0 Å². The molecule has 0 saturated carbocycles. The standard InChI is InChI=1S/C15H16ClNO2/c1-15(2,18)12-4-6-13(7-5-12)19-10-11-3-8-14(16)17-9-11/h3-9,18H,10H2,1-2H3. The summed E-state index contributed by atoms with van der Waals surface area (Å²) < 4.78 is 5.63. The molecule has 1 N–H and O–H groups in total. The van der Waals surface area contributed by atoms with Gasteiger partial charge < -0.3 is 9.84 Å². The fourth-order valence-corrected chi connectivity index (χ4v) is 1.73. The predicted octanol–water partition coefficient (Wildman–Crippen LogP) is 3.54. The van der Waals surface area contributed by atoms with Crippen molar-refractivity contribution in [3.8, 4) is 5.75 Å². The Hall–Kier alpha value is -1.58. The van der Waals surface area contributed by atoms with Crippen LogP contribution in [-0.4, -0.2) is 10.1 Å². The maximum absolute atomic E-state index is 9.85. The second-order valence-electron chi connectivity index (χ2n) is 4.86. The molecular weight excluding hydrogens is 262 g/mol. The molecule has 0 aliphatic heterocycles. The lowest BCUT2D eigenvalue weighted by Crippen LogP contribution is -2.14. The molecule has 0 atom stereocenters. The molecule has 0 aliphatic rings. The number of aliphatic hydroxyl groups is 1. The van der Waals surface area contributed by atoms with E-state index in [4.69, 9.17) is 16.3 Å². The molecule has 1 aromatic carbocycles. The Bertz CT molecular complexity index is 530. The summed E-state index contributed by atoms with van der Waals surface area (Å²) in [5.74, 6) is 0.753. The number of rotatable bonds is 4. The van der Waals surface area contributed by atoms with E-state index in [2.05, 4.69) is 4.98 Å². The number of benzene rings is 1. The van der Waals surface area contributed by atoms with Crippen LogP contribution in [0.1, 0.15) is 25.0 Å². The number of hydrogen-bond donors (Lipinski definition) is 1. The summed E-state index contributed by atoms with van der Waals surface area (Å²) in [6.07, 6.45) is 1.69. The van der Waals surface area contributed by atoms with Crippen molar-refractivity contribution in [1.82, 2.24) is 4.98 Å². The molecule has 19 heavy (non-hydrogen) atoms. The quantitative estimate of drug-likeness (QED) is 0.869. The normalized spacial score (nSPS) is 11.4. The van der Waals surface area contributed by atoms with Gasteiger partial charge in [-0.15, -0.1) is 0 Å². The van der Waals surface area contributed by atoms with E-state index in [-0.39, 0.29) is 0 Å². The largest absolute Gasteiger partial charge is 0.489 e. The van der Waals surface area contributed by atoms with Gasteiger partial charge in [0.25, 0.3) is 0 Å². The molecule has 1 heterocycles. The maximum atomic E-state index is 9.85. The number of hydrogen-bond acceptors (Lipinski definition) is 3. The number of nitrogens with zero attached hydrogens (tertiary/aromatic N) is 1. The Morgan fingerprint density at radius 1 is 1.16 bits per heavy atom. The Morgan fingerprint density at radius 2 is 1.84 bits per heavy atom. The van der Waals surface area contributed by atoms with Gasteiger partial charge in [0.05, 0.1) is 5.60 Å². The maximum Gasteiger partial charge on any atom is 0.129 e. The third-order valence-electron chi connectivity index (χ3n) is 2.75. The van der Waals surface area contributed by atoms with Crippen LogP contribution in [0.3, 0.4) is 0 Å². The zero-order valence-electron chi connectivity index (χ0n) is 10.9. The van der Waals surface area contributed by atoms with Gasteiger partial charge in [-0.25, -0.2) is 4.98 Å². The molecule has 0 radical (unpaired) electrons. The van der Waals surface area contributed by atoms with Crippen LogP contribution in [0.4, 0.5) is 0 Å². The smallest absolute Gasteiger partial charge is 0.129 e. The fraction of sp³-hybridized carbons (Fsp3) is 0.267. The zero-order chi connectivity index (χ0) is 13.9. The van der Waals surface area contributed by atoms with Gasteiger partial charge in [0, 0.05) is 11.8 Å². The minimum atomic E-state index is -0.835. The summed E-state index contributed by atoms with van der Waals surface area (Å²) in [5, 5.41) is 10.3. The lowest BCUT2D eigenvalue weighted by atomic mass is 9.99. The summed E-state index contributed by atoms with van der Waals surface area (Å²) in [6, 6.07) is 11.0. The van der Waals surface area contributed by atoms with Crippen LogP contribution in [0.25, 0.3) is 0 Å². The first-order valence-corrected chi connectivity index (χ1v) is 6.39. The van der Waals surface area contributed by atoms with Crippen LogP contribution < -0.4 is 4.74 Å². The number of ether oxygens (including phenoxy) is 1. The van der Waals surface area contributed by atoms with Gasteiger partial charge in [-0.1, -0.05) is 29.8 Å². The van der Waals surface area contributed by atoms with E-state index >= 15 is 0 Å². The minimum Gasteiger partial charge on any atom is -0.489 e. The molecule has 0 fully saturated rings. The second kappa shape index (κ2) is 5.59. The first kappa shape index (κ1) is 13.8. The van der Waals surface area contributed by atoms with E-state index in [1.54, 1.807) is 26.1 Å². The van der Waals surface area contributed by atoms with Gasteiger partial charge in [0.15, 0.2) is 0 Å². The van der Waals surface area contributed by atoms with Crippen molar-refractivity contribution in [2.24, 2.45) is 0 Å². The molecule has 3 nitrogen and oxygen atoms in total. The third kappa shape index (κ3) is 3.94. The van der Waals surface area contributed by atoms with E-state index in [0.717, 1.165) is 16.9 Å². The van der Waals surface area contributed by atoms with Crippen molar-refractivity contribution in [3.05, 3.63) is 58.9 Å². The SMILES string of the molecule is CC(C)(O)c1ccc(OCc2ccc(Cl)nc2)cc1. The monoisotopic (exact) mass is 277 g/mol. The molecule has 0 bridgehead atoms.